The molecule has 1 heterocycles. The maximum atomic E-state index is 14.4. The molecule has 2 aromatic carbocycles. The van der Waals surface area contributed by atoms with Crippen LogP contribution in [0.25, 0.3) is 0 Å². The molecule has 184 valence electrons. The Bertz CT molecular complexity index is 1130. The minimum atomic E-state index is -4.94. The number of anilines is 1. The predicted octanol–water partition coefficient (Wildman–Crippen LogP) is 5.12. The maximum Gasteiger partial charge on any atom is 0.416 e. The highest BCUT2D eigenvalue weighted by atomic mass is 35.5. The molecule has 3 rings (SSSR count). The van der Waals surface area contributed by atoms with Crippen LogP contribution in [0, 0.1) is 5.41 Å². The van der Waals surface area contributed by atoms with Gasteiger partial charge in [0, 0.05) is 40.2 Å². The van der Waals surface area contributed by atoms with Gasteiger partial charge in [0.15, 0.2) is 11.4 Å². The van der Waals surface area contributed by atoms with E-state index in [0.717, 1.165) is 11.0 Å². The van der Waals surface area contributed by atoms with Crippen LogP contribution < -0.4 is 4.90 Å². The van der Waals surface area contributed by atoms with E-state index in [1.165, 1.54) is 24.3 Å². The number of aliphatic hydroxyl groups is 1. The molecular weight excluding hydrogens is 469 g/mol. The van der Waals surface area contributed by atoms with Crippen LogP contribution in [0.4, 0.5) is 18.9 Å². The Morgan fingerprint density at radius 1 is 1.18 bits per heavy atom. The summed E-state index contributed by atoms with van der Waals surface area (Å²) in [6.45, 7) is 7.74. The van der Waals surface area contributed by atoms with Crippen LogP contribution >= 0.6 is 11.6 Å². The number of ketones is 1. The van der Waals surface area contributed by atoms with E-state index in [-0.39, 0.29) is 28.4 Å². The van der Waals surface area contributed by atoms with E-state index in [2.05, 4.69) is 0 Å². The number of Topliss-reactive ketones (excluding diaryl/α,β-unsaturated/α-hetero) is 1. The third kappa shape index (κ3) is 4.46. The lowest BCUT2D eigenvalue weighted by atomic mass is 9.81. The zero-order chi connectivity index (χ0) is 25.6. The van der Waals surface area contributed by atoms with E-state index in [1.54, 1.807) is 26.8 Å². The van der Waals surface area contributed by atoms with Crippen LogP contribution in [-0.4, -0.2) is 48.4 Å². The summed E-state index contributed by atoms with van der Waals surface area (Å²) < 4.78 is 43.1. The number of hydrogen-bond donors (Lipinski definition) is 1. The molecule has 9 heteroatoms. The second-order valence-corrected chi connectivity index (χ2v) is 9.94. The van der Waals surface area contributed by atoms with E-state index in [0.29, 0.717) is 13.1 Å². The Kier molecular flexibility index (Phi) is 6.92. The molecule has 0 saturated carbocycles. The number of carbonyl (C=O) groups is 2. The largest absolute Gasteiger partial charge is 0.416 e. The minimum Gasteiger partial charge on any atom is -0.372 e. The SMILES string of the molecule is CCN(C)CCN1C(=O)[C@@](O)(c2ccccc2Cl)c2c1cc(C(=O)C(C)(C)C)cc2C(F)(F)F. The van der Waals surface area contributed by atoms with Crippen molar-refractivity contribution in [1.29, 1.82) is 0 Å². The third-order valence-electron chi connectivity index (χ3n) is 6.08. The summed E-state index contributed by atoms with van der Waals surface area (Å²) in [6.07, 6.45) is -4.94. The minimum absolute atomic E-state index is 0.0212. The fourth-order valence-corrected chi connectivity index (χ4v) is 4.35. The molecular formula is C25H28ClF3N2O3. The topological polar surface area (TPSA) is 60.9 Å². The molecule has 0 aliphatic carbocycles. The molecule has 5 nitrogen and oxygen atoms in total. The van der Waals surface area contributed by atoms with E-state index < -0.39 is 40.0 Å². The average Bonchev–Trinajstić information content (AvgIpc) is 2.97. The number of carbonyl (C=O) groups excluding carboxylic acids is 2. The van der Waals surface area contributed by atoms with Crippen LogP contribution in [0.3, 0.4) is 0 Å². The first-order valence-electron chi connectivity index (χ1n) is 10.9. The molecule has 2 aromatic rings. The van der Waals surface area contributed by atoms with Gasteiger partial charge in [-0.3, -0.25) is 9.59 Å². The summed E-state index contributed by atoms with van der Waals surface area (Å²) in [7, 11) is 1.81. The summed E-state index contributed by atoms with van der Waals surface area (Å²) in [5.74, 6) is -1.45. The Hall–Kier alpha value is -2.42. The number of amides is 1. The van der Waals surface area contributed by atoms with Crippen molar-refractivity contribution in [3.63, 3.8) is 0 Å². The molecule has 0 saturated heterocycles. The summed E-state index contributed by atoms with van der Waals surface area (Å²) >= 11 is 6.26. The number of nitrogens with zero attached hydrogens (tertiary/aromatic N) is 2. The van der Waals surface area contributed by atoms with Gasteiger partial charge >= 0.3 is 6.18 Å². The zero-order valence-electron chi connectivity index (χ0n) is 19.8. The van der Waals surface area contributed by atoms with Gasteiger partial charge in [0.1, 0.15) is 0 Å². The Balaban J connectivity index is 2.37. The lowest BCUT2D eigenvalue weighted by Gasteiger charge is -2.27. The quantitative estimate of drug-likeness (QED) is 0.564. The molecule has 34 heavy (non-hydrogen) atoms. The van der Waals surface area contributed by atoms with Gasteiger partial charge in [0.25, 0.3) is 5.91 Å². The van der Waals surface area contributed by atoms with Crippen LogP contribution in [0.5, 0.6) is 0 Å². The molecule has 1 amide bonds. The second-order valence-electron chi connectivity index (χ2n) is 9.54. The number of hydrogen-bond acceptors (Lipinski definition) is 4. The summed E-state index contributed by atoms with van der Waals surface area (Å²) in [5, 5.41) is 11.7. The van der Waals surface area contributed by atoms with E-state index >= 15 is 0 Å². The fourth-order valence-electron chi connectivity index (χ4n) is 4.07. The predicted molar refractivity (Wildman–Crippen MR) is 125 cm³/mol. The Morgan fingerprint density at radius 3 is 2.32 bits per heavy atom. The standard InChI is InChI=1S/C25H28ClF3N2O3/c1-6-30(5)11-12-31-19-14-15(21(32)23(2,3)4)13-17(25(27,28)29)20(19)24(34,22(31)33)16-9-7-8-10-18(16)26/h7-10,13-14,34H,6,11-12H2,1-5H3/t24-/m1/s1. The molecule has 1 aliphatic heterocycles. The number of halogens is 4. The van der Waals surface area contributed by atoms with Gasteiger partial charge in [-0.25, -0.2) is 0 Å². The number of rotatable bonds is 6. The smallest absolute Gasteiger partial charge is 0.372 e. The van der Waals surface area contributed by atoms with Gasteiger partial charge in [0.2, 0.25) is 0 Å². The fraction of sp³-hybridized carbons (Fsp3) is 0.440. The molecule has 0 bridgehead atoms. The second kappa shape index (κ2) is 8.98. The molecule has 1 atom stereocenters. The van der Waals surface area contributed by atoms with Gasteiger partial charge in [-0.1, -0.05) is 57.5 Å². The number of benzene rings is 2. The van der Waals surface area contributed by atoms with Crippen molar-refractivity contribution < 1.29 is 27.9 Å². The van der Waals surface area contributed by atoms with Crippen molar-refractivity contribution in [2.24, 2.45) is 5.41 Å². The molecule has 0 spiro atoms. The molecule has 0 aromatic heterocycles. The first-order chi connectivity index (χ1) is 15.6. The average molecular weight is 497 g/mol. The van der Waals surface area contributed by atoms with Crippen LogP contribution in [0.15, 0.2) is 36.4 Å². The Labute approximate surface area is 202 Å². The van der Waals surface area contributed by atoms with Crippen molar-refractivity contribution in [3.8, 4) is 0 Å². The van der Waals surface area contributed by atoms with Crippen molar-refractivity contribution in [2.75, 3.05) is 31.6 Å². The van der Waals surface area contributed by atoms with Crippen molar-refractivity contribution in [2.45, 2.75) is 39.5 Å². The maximum absolute atomic E-state index is 14.4. The first-order valence-corrected chi connectivity index (χ1v) is 11.3. The highest BCUT2D eigenvalue weighted by molar-refractivity contribution is 6.32. The van der Waals surface area contributed by atoms with Crippen LogP contribution in [-0.2, 0) is 16.6 Å². The lowest BCUT2D eigenvalue weighted by molar-refractivity contribution is -0.142. The van der Waals surface area contributed by atoms with Crippen LogP contribution in [0.1, 0.15) is 54.7 Å². The molecule has 0 radical (unpaired) electrons. The van der Waals surface area contributed by atoms with Crippen LogP contribution in [0.2, 0.25) is 5.02 Å². The summed E-state index contributed by atoms with van der Waals surface area (Å²) in [6, 6.07) is 7.78. The van der Waals surface area contributed by atoms with E-state index in [4.69, 9.17) is 11.6 Å². The summed E-state index contributed by atoms with van der Waals surface area (Å²) in [4.78, 5) is 29.6. The highest BCUT2D eigenvalue weighted by Gasteiger charge is 2.56. The van der Waals surface area contributed by atoms with Gasteiger partial charge in [-0.15, -0.1) is 0 Å². The van der Waals surface area contributed by atoms with Crippen molar-refractivity contribution >= 4 is 29.0 Å². The number of alkyl halides is 3. The summed E-state index contributed by atoms with van der Waals surface area (Å²) in [5.41, 5.74) is -5.92. The lowest BCUT2D eigenvalue weighted by Crippen LogP contribution is -2.44. The highest BCUT2D eigenvalue weighted by Crippen LogP contribution is 2.52. The molecule has 1 aliphatic rings. The number of likely N-dealkylation sites (N-methyl/N-ethyl adjacent to an activating group) is 1. The van der Waals surface area contributed by atoms with Gasteiger partial charge in [-0.2, -0.15) is 13.2 Å². The van der Waals surface area contributed by atoms with Gasteiger partial charge in [-0.05, 0) is 31.8 Å². The normalized spacial score (nSPS) is 18.6. The molecule has 0 fully saturated rings. The Morgan fingerprint density at radius 2 is 1.79 bits per heavy atom. The molecule has 1 N–H and O–H groups in total. The van der Waals surface area contributed by atoms with Gasteiger partial charge < -0.3 is 14.9 Å². The first kappa shape index (κ1) is 26.2. The number of fused-ring (bicyclic) bond motifs is 1. The van der Waals surface area contributed by atoms with Crippen molar-refractivity contribution in [1.82, 2.24) is 4.90 Å². The van der Waals surface area contributed by atoms with Crippen molar-refractivity contribution in [3.05, 3.63) is 63.7 Å². The third-order valence-corrected chi connectivity index (χ3v) is 6.41. The zero-order valence-corrected chi connectivity index (χ0v) is 20.5. The van der Waals surface area contributed by atoms with E-state index in [9.17, 15) is 27.9 Å². The van der Waals surface area contributed by atoms with E-state index in [1.807, 2.05) is 18.9 Å². The molecule has 0 unspecified atom stereocenters. The monoisotopic (exact) mass is 496 g/mol. The van der Waals surface area contributed by atoms with Gasteiger partial charge in [0.05, 0.1) is 11.3 Å².